The largest absolute Gasteiger partial charge is 0.409 e. The van der Waals surface area contributed by atoms with E-state index in [1.165, 1.54) is 6.42 Å². The van der Waals surface area contributed by atoms with E-state index in [4.69, 9.17) is 4.43 Å². The second-order valence-electron chi connectivity index (χ2n) is 10.5. The highest BCUT2D eigenvalue weighted by atomic mass is 28.4. The van der Waals surface area contributed by atoms with E-state index in [0.29, 0.717) is 24.0 Å². The maximum Gasteiger partial charge on any atom is 0.192 e. The molecule has 2 aliphatic carbocycles. The average Bonchev–Trinajstić information content (AvgIpc) is 3.02. The van der Waals surface area contributed by atoms with Gasteiger partial charge in [0.15, 0.2) is 8.32 Å². The topological polar surface area (TPSA) is 26.3 Å². The zero-order valence-corrected chi connectivity index (χ0v) is 20.6. The minimum atomic E-state index is -1.82. The van der Waals surface area contributed by atoms with Crippen LogP contribution in [0.15, 0.2) is 0 Å². The zero-order valence-electron chi connectivity index (χ0n) is 19.6. The fraction of sp³-hybridized carbons (Fsp3) is 0.958. The van der Waals surface area contributed by atoms with Crippen LogP contribution in [0.4, 0.5) is 4.39 Å². The third-order valence-corrected chi connectivity index (χ3v) is 13.5. The van der Waals surface area contributed by atoms with E-state index in [1.54, 1.807) is 0 Å². The number of hydrogen-bond acceptors (Lipinski definition) is 2. The van der Waals surface area contributed by atoms with Crippen molar-refractivity contribution in [2.24, 2.45) is 23.2 Å². The van der Waals surface area contributed by atoms with Crippen molar-refractivity contribution in [3.8, 4) is 0 Å². The van der Waals surface area contributed by atoms with Crippen LogP contribution < -0.4 is 0 Å². The summed E-state index contributed by atoms with van der Waals surface area (Å²) in [6, 6.07) is 3.17. The molecule has 2 rings (SSSR count). The van der Waals surface area contributed by atoms with Crippen LogP contribution in [0.5, 0.6) is 0 Å². The van der Waals surface area contributed by atoms with Gasteiger partial charge in [0.05, 0.1) is 5.60 Å². The molecule has 0 aromatic carbocycles. The van der Waals surface area contributed by atoms with Crippen molar-refractivity contribution in [3.05, 3.63) is 0 Å². The third-order valence-electron chi connectivity index (χ3n) is 8.67. The van der Waals surface area contributed by atoms with Gasteiger partial charge in [-0.25, -0.2) is 4.39 Å². The first-order chi connectivity index (χ1) is 13.0. The Hall–Kier alpha value is -0.223. The molecule has 28 heavy (non-hydrogen) atoms. The van der Waals surface area contributed by atoms with Crippen molar-refractivity contribution < 1.29 is 13.6 Å². The van der Waals surface area contributed by atoms with E-state index < -0.39 is 20.1 Å². The standard InChI is InChI=1S/C24H45FO2Si/c1-8-28(9-2,10-3)27-23(5,6)22(25)16-13-18(4)19-14-15-20-21(26)12-11-17-24(19,20)7/h18-20,22H,8-17H2,1-7H3/t18?,19-,20+,22?,24-/m1/s1. The first kappa shape index (κ1) is 24.1. The molecule has 0 radical (unpaired) electrons. The molecule has 0 heterocycles. The number of rotatable bonds is 10. The lowest BCUT2D eigenvalue weighted by Crippen LogP contribution is -2.49. The predicted molar refractivity (Wildman–Crippen MR) is 119 cm³/mol. The van der Waals surface area contributed by atoms with E-state index >= 15 is 4.39 Å². The average molecular weight is 413 g/mol. The summed E-state index contributed by atoms with van der Waals surface area (Å²) in [7, 11) is -1.82. The molecule has 2 nitrogen and oxygen atoms in total. The summed E-state index contributed by atoms with van der Waals surface area (Å²) in [5, 5.41) is 0. The summed E-state index contributed by atoms with van der Waals surface area (Å²) >= 11 is 0. The Morgan fingerprint density at radius 3 is 2.36 bits per heavy atom. The van der Waals surface area contributed by atoms with Crippen molar-refractivity contribution in [3.63, 3.8) is 0 Å². The number of alkyl halides is 1. The third kappa shape index (κ3) is 4.74. The van der Waals surface area contributed by atoms with Gasteiger partial charge in [-0.05, 0) is 87.8 Å². The SMILES string of the molecule is CC[Si](CC)(CC)OC(C)(C)C(F)CCC(C)[C@H]1CC[C@H]2C(=O)CCC[C@]12C. The Bertz CT molecular complexity index is 522. The van der Waals surface area contributed by atoms with E-state index in [0.717, 1.165) is 50.2 Å². The smallest absolute Gasteiger partial charge is 0.192 e. The maximum absolute atomic E-state index is 15.3. The first-order valence-electron chi connectivity index (χ1n) is 11.9. The van der Waals surface area contributed by atoms with Crippen molar-refractivity contribution in [2.45, 2.75) is 123 Å². The molecule has 0 saturated heterocycles. The van der Waals surface area contributed by atoms with Gasteiger partial charge < -0.3 is 4.43 Å². The molecular formula is C24H45FO2Si. The van der Waals surface area contributed by atoms with Crippen LogP contribution in [0.25, 0.3) is 0 Å². The number of carbonyl (C=O) groups is 1. The highest BCUT2D eigenvalue weighted by molar-refractivity contribution is 6.73. The first-order valence-corrected chi connectivity index (χ1v) is 14.4. The molecule has 0 amide bonds. The molecule has 0 bridgehead atoms. The molecule has 0 aliphatic heterocycles. The van der Waals surface area contributed by atoms with Crippen LogP contribution in [0.2, 0.25) is 18.1 Å². The zero-order chi connectivity index (χ0) is 21.2. The summed E-state index contributed by atoms with van der Waals surface area (Å²) in [4.78, 5) is 12.4. The van der Waals surface area contributed by atoms with Gasteiger partial charge in [-0.3, -0.25) is 4.79 Å². The summed E-state index contributed by atoms with van der Waals surface area (Å²) in [6.45, 7) is 15.1. The summed E-state index contributed by atoms with van der Waals surface area (Å²) in [5.41, 5.74) is -0.543. The molecule has 0 N–H and O–H groups in total. The highest BCUT2D eigenvalue weighted by Gasteiger charge is 2.52. The lowest BCUT2D eigenvalue weighted by Gasteiger charge is -2.43. The van der Waals surface area contributed by atoms with Crippen molar-refractivity contribution in [1.82, 2.24) is 0 Å². The number of ketones is 1. The van der Waals surface area contributed by atoms with E-state index in [-0.39, 0.29) is 11.3 Å². The van der Waals surface area contributed by atoms with Gasteiger partial charge in [-0.15, -0.1) is 0 Å². The second kappa shape index (κ2) is 9.28. The Morgan fingerprint density at radius 2 is 1.79 bits per heavy atom. The Kier molecular flexibility index (Phi) is 7.97. The lowest BCUT2D eigenvalue weighted by atomic mass is 9.62. The molecule has 2 unspecified atom stereocenters. The summed E-state index contributed by atoms with van der Waals surface area (Å²) in [6.07, 6.45) is 5.72. The van der Waals surface area contributed by atoms with E-state index in [1.807, 2.05) is 13.8 Å². The number of halogens is 1. The van der Waals surface area contributed by atoms with Crippen LogP contribution in [-0.2, 0) is 9.22 Å². The van der Waals surface area contributed by atoms with Crippen molar-refractivity contribution >= 4 is 14.1 Å². The summed E-state index contributed by atoms with van der Waals surface area (Å²) in [5.74, 6) is 1.79. The molecule has 4 heteroatoms. The Labute approximate surface area is 174 Å². The predicted octanol–water partition coefficient (Wildman–Crippen LogP) is 7.33. The number of carbonyl (C=O) groups excluding carboxylic acids is 1. The molecule has 0 spiro atoms. The minimum absolute atomic E-state index is 0.154. The van der Waals surface area contributed by atoms with Crippen LogP contribution in [0.1, 0.15) is 93.4 Å². The van der Waals surface area contributed by atoms with Gasteiger partial charge in [0.1, 0.15) is 12.0 Å². The van der Waals surface area contributed by atoms with E-state index in [9.17, 15) is 4.79 Å². The summed E-state index contributed by atoms with van der Waals surface area (Å²) < 4.78 is 21.8. The number of Topliss-reactive ketones (excluding diaryl/α,β-unsaturated/α-hetero) is 1. The quantitative estimate of drug-likeness (QED) is 0.351. The lowest BCUT2D eigenvalue weighted by molar-refractivity contribution is -0.130. The minimum Gasteiger partial charge on any atom is -0.409 e. The van der Waals surface area contributed by atoms with Crippen LogP contribution >= 0.6 is 0 Å². The van der Waals surface area contributed by atoms with Gasteiger partial charge in [-0.2, -0.15) is 0 Å². The van der Waals surface area contributed by atoms with Gasteiger partial charge in [0.2, 0.25) is 0 Å². The van der Waals surface area contributed by atoms with E-state index in [2.05, 4.69) is 34.6 Å². The molecule has 5 atom stereocenters. The van der Waals surface area contributed by atoms with Crippen LogP contribution in [0, 0.1) is 23.2 Å². The van der Waals surface area contributed by atoms with Crippen molar-refractivity contribution in [1.29, 1.82) is 0 Å². The van der Waals surface area contributed by atoms with Gasteiger partial charge in [0, 0.05) is 12.3 Å². The maximum atomic E-state index is 15.3. The normalized spacial score (nSPS) is 30.9. The fourth-order valence-electron chi connectivity index (χ4n) is 6.45. The molecule has 2 saturated carbocycles. The van der Waals surface area contributed by atoms with Crippen LogP contribution in [-0.4, -0.2) is 25.9 Å². The van der Waals surface area contributed by atoms with Crippen molar-refractivity contribution in [2.75, 3.05) is 0 Å². The highest BCUT2D eigenvalue weighted by Crippen LogP contribution is 2.57. The Morgan fingerprint density at radius 1 is 1.18 bits per heavy atom. The molecule has 0 aromatic rings. The molecule has 0 aromatic heterocycles. The fourth-order valence-corrected chi connectivity index (χ4v) is 9.63. The molecule has 2 aliphatic rings. The number of hydrogen-bond donors (Lipinski definition) is 0. The monoisotopic (exact) mass is 412 g/mol. The molecular weight excluding hydrogens is 367 g/mol. The van der Waals surface area contributed by atoms with Gasteiger partial charge in [0.25, 0.3) is 0 Å². The molecule has 164 valence electrons. The van der Waals surface area contributed by atoms with Crippen LogP contribution in [0.3, 0.4) is 0 Å². The molecule has 2 fully saturated rings. The van der Waals surface area contributed by atoms with Gasteiger partial charge in [-0.1, -0.05) is 34.6 Å². The number of fused-ring (bicyclic) bond motifs is 1. The second-order valence-corrected chi connectivity index (χ2v) is 15.2. The van der Waals surface area contributed by atoms with Gasteiger partial charge >= 0.3 is 0 Å². The Balaban J connectivity index is 1.96.